The molecule has 1 nitrogen and oxygen atoms in total. The average Bonchev–Trinajstić information content (AvgIpc) is 2.27. The van der Waals surface area contributed by atoms with Crippen LogP contribution < -0.4 is 0 Å². The number of carbonyl (C=O) groups excluding carboxylic acids is 1. The third-order valence-corrected chi connectivity index (χ3v) is 2.82. The van der Waals surface area contributed by atoms with Crippen molar-refractivity contribution in [1.82, 2.24) is 0 Å². The van der Waals surface area contributed by atoms with E-state index < -0.39 is 0 Å². The fourth-order valence-corrected chi connectivity index (χ4v) is 2.04. The monoisotopic (exact) mass is 262 g/mol. The summed E-state index contributed by atoms with van der Waals surface area (Å²) in [6, 6.07) is 11.9. The fraction of sp³-hybridized carbons (Fsp3) is 0.133. The van der Waals surface area contributed by atoms with Crippen molar-refractivity contribution in [2.45, 2.75) is 13.3 Å². The Kier molecular flexibility index (Phi) is 3.78. The molecule has 2 aromatic rings. The van der Waals surface area contributed by atoms with Crippen LogP contribution in [-0.4, -0.2) is 5.78 Å². The van der Waals surface area contributed by atoms with Crippen molar-refractivity contribution < 1.29 is 9.18 Å². The zero-order valence-electron chi connectivity index (χ0n) is 9.91. The van der Waals surface area contributed by atoms with E-state index in [1.807, 2.05) is 24.3 Å². The van der Waals surface area contributed by atoms with E-state index in [0.717, 1.165) is 16.7 Å². The van der Waals surface area contributed by atoms with Gasteiger partial charge in [-0.3, -0.25) is 4.79 Å². The lowest BCUT2D eigenvalue weighted by molar-refractivity contribution is -0.116. The van der Waals surface area contributed by atoms with Crippen molar-refractivity contribution in [3.05, 3.63) is 58.9 Å². The molecular formula is C15H12ClFO. The highest BCUT2D eigenvalue weighted by Gasteiger charge is 2.03. The maximum absolute atomic E-state index is 13.2. The molecule has 0 spiro atoms. The lowest BCUT2D eigenvalue weighted by Crippen LogP contribution is -1.95. The van der Waals surface area contributed by atoms with Gasteiger partial charge in [-0.2, -0.15) is 0 Å². The Balaban J connectivity index is 2.31. The molecule has 2 aromatic carbocycles. The molecular weight excluding hydrogens is 251 g/mol. The molecule has 0 fully saturated rings. The minimum Gasteiger partial charge on any atom is -0.300 e. The molecule has 0 saturated heterocycles. The van der Waals surface area contributed by atoms with E-state index in [0.29, 0.717) is 11.4 Å². The predicted molar refractivity (Wildman–Crippen MR) is 71.2 cm³/mol. The van der Waals surface area contributed by atoms with E-state index in [1.54, 1.807) is 13.0 Å². The van der Waals surface area contributed by atoms with Crippen molar-refractivity contribution in [3.63, 3.8) is 0 Å². The van der Waals surface area contributed by atoms with Gasteiger partial charge in [0.25, 0.3) is 0 Å². The minimum absolute atomic E-state index is 0.122. The third kappa shape index (κ3) is 3.17. The largest absolute Gasteiger partial charge is 0.300 e. The Morgan fingerprint density at radius 2 is 1.78 bits per heavy atom. The van der Waals surface area contributed by atoms with Gasteiger partial charge in [0.15, 0.2) is 0 Å². The maximum atomic E-state index is 13.2. The van der Waals surface area contributed by atoms with Gasteiger partial charge in [0, 0.05) is 11.4 Å². The first kappa shape index (κ1) is 12.8. The molecule has 18 heavy (non-hydrogen) atoms. The number of carbonyl (C=O) groups is 1. The normalized spacial score (nSPS) is 10.4. The number of rotatable bonds is 3. The van der Waals surface area contributed by atoms with E-state index in [1.165, 1.54) is 12.1 Å². The summed E-state index contributed by atoms with van der Waals surface area (Å²) in [6.45, 7) is 1.56. The summed E-state index contributed by atoms with van der Waals surface area (Å²) in [5, 5.41) is 0.373. The van der Waals surface area contributed by atoms with E-state index in [4.69, 9.17) is 11.6 Å². The fourth-order valence-electron chi connectivity index (χ4n) is 1.82. The van der Waals surface area contributed by atoms with Gasteiger partial charge < -0.3 is 0 Å². The van der Waals surface area contributed by atoms with Gasteiger partial charge in [-0.05, 0) is 41.8 Å². The first-order valence-electron chi connectivity index (χ1n) is 5.59. The molecule has 3 heteroatoms. The zero-order valence-corrected chi connectivity index (χ0v) is 10.7. The number of Topliss-reactive ketones (excluding diaryl/α,β-unsaturated/α-hetero) is 1. The van der Waals surface area contributed by atoms with Crippen molar-refractivity contribution in [1.29, 1.82) is 0 Å². The zero-order chi connectivity index (χ0) is 13.1. The lowest BCUT2D eigenvalue weighted by Gasteiger charge is -2.04. The topological polar surface area (TPSA) is 17.1 Å². The van der Waals surface area contributed by atoms with Crippen LogP contribution in [0.3, 0.4) is 0 Å². The molecule has 0 heterocycles. The van der Waals surface area contributed by atoms with Gasteiger partial charge in [-0.1, -0.05) is 35.9 Å². The van der Waals surface area contributed by atoms with Crippen molar-refractivity contribution in [3.8, 4) is 11.1 Å². The van der Waals surface area contributed by atoms with Crippen LogP contribution in [0.15, 0.2) is 42.5 Å². The van der Waals surface area contributed by atoms with Gasteiger partial charge >= 0.3 is 0 Å². The van der Waals surface area contributed by atoms with E-state index in [9.17, 15) is 9.18 Å². The molecule has 0 amide bonds. The number of hydrogen-bond acceptors (Lipinski definition) is 1. The Labute approximate surface area is 110 Å². The van der Waals surface area contributed by atoms with Gasteiger partial charge in [0.2, 0.25) is 0 Å². The van der Waals surface area contributed by atoms with Crippen LogP contribution in [0.5, 0.6) is 0 Å². The highest BCUT2D eigenvalue weighted by atomic mass is 35.5. The smallest absolute Gasteiger partial charge is 0.134 e. The molecule has 0 saturated carbocycles. The number of hydrogen-bond donors (Lipinski definition) is 0. The quantitative estimate of drug-likeness (QED) is 0.807. The summed E-state index contributed by atoms with van der Waals surface area (Å²) in [7, 11) is 0. The Morgan fingerprint density at radius 3 is 2.33 bits per heavy atom. The van der Waals surface area contributed by atoms with E-state index >= 15 is 0 Å². The molecule has 0 aliphatic carbocycles. The molecule has 0 bridgehead atoms. The standard InChI is InChI=1S/C15H12ClFO/c1-10(18)6-11-2-4-12(5-3-11)13-7-14(16)9-15(17)8-13/h2-5,7-9H,6H2,1H3. The van der Waals surface area contributed by atoms with Gasteiger partial charge in [-0.25, -0.2) is 4.39 Å². The molecule has 0 aliphatic rings. The second-order valence-electron chi connectivity index (χ2n) is 4.23. The molecule has 0 N–H and O–H groups in total. The van der Waals surface area contributed by atoms with E-state index in [-0.39, 0.29) is 11.6 Å². The van der Waals surface area contributed by atoms with Crippen LogP contribution >= 0.6 is 11.6 Å². The Hall–Kier alpha value is -1.67. The average molecular weight is 263 g/mol. The van der Waals surface area contributed by atoms with E-state index in [2.05, 4.69) is 0 Å². The number of benzene rings is 2. The van der Waals surface area contributed by atoms with Crippen LogP contribution in [0, 0.1) is 5.82 Å². The van der Waals surface area contributed by atoms with Crippen molar-refractivity contribution in [2.75, 3.05) is 0 Å². The Morgan fingerprint density at radius 1 is 1.11 bits per heavy atom. The molecule has 0 unspecified atom stereocenters. The molecule has 0 aliphatic heterocycles. The van der Waals surface area contributed by atoms with Crippen LogP contribution in [0.25, 0.3) is 11.1 Å². The number of ketones is 1. The minimum atomic E-state index is -0.356. The molecule has 0 aromatic heterocycles. The van der Waals surface area contributed by atoms with Gasteiger partial charge in [0.1, 0.15) is 11.6 Å². The summed E-state index contributed by atoms with van der Waals surface area (Å²) in [5.74, 6) is -0.234. The highest BCUT2D eigenvalue weighted by Crippen LogP contribution is 2.24. The third-order valence-electron chi connectivity index (χ3n) is 2.60. The first-order chi connectivity index (χ1) is 8.54. The number of halogens is 2. The Bertz CT molecular complexity index is 555. The molecule has 0 atom stereocenters. The first-order valence-corrected chi connectivity index (χ1v) is 5.97. The second kappa shape index (κ2) is 5.32. The summed E-state index contributed by atoms with van der Waals surface area (Å²) in [4.78, 5) is 11.0. The van der Waals surface area contributed by atoms with Crippen molar-refractivity contribution in [2.24, 2.45) is 0 Å². The predicted octanol–water partition coefficient (Wildman–Crippen LogP) is 4.28. The van der Waals surface area contributed by atoms with Crippen LogP contribution in [-0.2, 0) is 11.2 Å². The van der Waals surface area contributed by atoms with Gasteiger partial charge in [0.05, 0.1) is 0 Å². The van der Waals surface area contributed by atoms with Gasteiger partial charge in [-0.15, -0.1) is 0 Å². The summed E-state index contributed by atoms with van der Waals surface area (Å²) < 4.78 is 13.2. The second-order valence-corrected chi connectivity index (χ2v) is 4.67. The summed E-state index contributed by atoms with van der Waals surface area (Å²) in [5.41, 5.74) is 2.56. The summed E-state index contributed by atoms with van der Waals surface area (Å²) in [6.07, 6.45) is 0.421. The highest BCUT2D eigenvalue weighted by molar-refractivity contribution is 6.30. The molecule has 0 radical (unpaired) electrons. The lowest BCUT2D eigenvalue weighted by atomic mass is 10.0. The SMILES string of the molecule is CC(=O)Cc1ccc(-c2cc(F)cc(Cl)c2)cc1. The van der Waals surface area contributed by atoms with Crippen molar-refractivity contribution >= 4 is 17.4 Å². The summed E-state index contributed by atoms with van der Waals surface area (Å²) >= 11 is 5.82. The van der Waals surface area contributed by atoms with Crippen LogP contribution in [0.4, 0.5) is 4.39 Å². The molecule has 2 rings (SSSR count). The molecule has 92 valence electrons. The maximum Gasteiger partial charge on any atom is 0.134 e. The van der Waals surface area contributed by atoms with Crippen LogP contribution in [0.1, 0.15) is 12.5 Å². The van der Waals surface area contributed by atoms with Crippen LogP contribution in [0.2, 0.25) is 5.02 Å².